The maximum absolute atomic E-state index is 12.5. The molecule has 4 nitrogen and oxygen atoms in total. The lowest BCUT2D eigenvalue weighted by Gasteiger charge is -2.29. The number of hydrogen-bond donors (Lipinski definition) is 1. The molecule has 0 spiro atoms. The molecule has 0 aromatic heterocycles. The minimum atomic E-state index is -0.890. The Morgan fingerprint density at radius 2 is 1.57 bits per heavy atom. The number of carbonyl (C=O) groups excluding carboxylic acids is 1. The molecule has 116 valence electrons. The molecule has 1 unspecified atom stereocenters. The van der Waals surface area contributed by atoms with E-state index in [4.69, 9.17) is 5.11 Å². The normalized spacial score (nSPS) is 12.3. The first-order chi connectivity index (χ1) is 9.65. The molecule has 0 fully saturated rings. The van der Waals surface area contributed by atoms with Crippen molar-refractivity contribution in [1.29, 1.82) is 0 Å². The van der Waals surface area contributed by atoms with Crippen LogP contribution in [0.15, 0.2) is 12.1 Å². The highest BCUT2D eigenvalue weighted by molar-refractivity contribution is 5.96. The van der Waals surface area contributed by atoms with E-state index in [0.29, 0.717) is 0 Å². The van der Waals surface area contributed by atoms with E-state index in [1.807, 2.05) is 46.8 Å². The number of carbonyl (C=O) groups is 2. The molecular formula is C17H25NO3. The monoisotopic (exact) mass is 291 g/mol. The number of amides is 1. The molecule has 4 heteroatoms. The van der Waals surface area contributed by atoms with Crippen molar-refractivity contribution in [2.24, 2.45) is 11.8 Å². The quantitative estimate of drug-likeness (QED) is 0.905. The van der Waals surface area contributed by atoms with Crippen molar-refractivity contribution in [3.8, 4) is 0 Å². The van der Waals surface area contributed by atoms with Gasteiger partial charge in [0.1, 0.15) is 0 Å². The van der Waals surface area contributed by atoms with E-state index < -0.39 is 11.9 Å². The van der Waals surface area contributed by atoms with Gasteiger partial charge in [0.05, 0.1) is 5.92 Å². The highest BCUT2D eigenvalue weighted by atomic mass is 16.4. The number of carboxylic acids is 1. The standard InChI is InChI=1S/C17H25NO3/c1-10(2)16(19)18(9-14(6)17(20)21)15-12(4)7-11(3)8-13(15)5/h7-8,10,14H,9H2,1-6H3,(H,20,21). The predicted octanol–water partition coefficient (Wildman–Crippen LogP) is 3.32. The molecule has 21 heavy (non-hydrogen) atoms. The summed E-state index contributed by atoms with van der Waals surface area (Å²) >= 11 is 0. The van der Waals surface area contributed by atoms with Crippen molar-refractivity contribution in [3.05, 3.63) is 28.8 Å². The van der Waals surface area contributed by atoms with Gasteiger partial charge >= 0.3 is 5.97 Å². The lowest BCUT2D eigenvalue weighted by atomic mass is 10.0. The summed E-state index contributed by atoms with van der Waals surface area (Å²) in [7, 11) is 0. The summed E-state index contributed by atoms with van der Waals surface area (Å²) in [5.41, 5.74) is 3.97. The van der Waals surface area contributed by atoms with Crippen LogP contribution in [0.1, 0.15) is 37.5 Å². The molecule has 0 aliphatic heterocycles. The Morgan fingerprint density at radius 1 is 1.10 bits per heavy atom. The summed E-state index contributed by atoms with van der Waals surface area (Å²) in [6.07, 6.45) is 0. The van der Waals surface area contributed by atoms with Gasteiger partial charge in [0, 0.05) is 18.2 Å². The molecule has 0 aliphatic carbocycles. The molecule has 0 heterocycles. The zero-order valence-corrected chi connectivity index (χ0v) is 13.7. The van der Waals surface area contributed by atoms with Gasteiger partial charge in [0.25, 0.3) is 0 Å². The molecule has 1 aromatic carbocycles. The van der Waals surface area contributed by atoms with Crippen molar-refractivity contribution < 1.29 is 14.7 Å². The van der Waals surface area contributed by atoms with Crippen LogP contribution in [0.5, 0.6) is 0 Å². The maximum atomic E-state index is 12.5. The van der Waals surface area contributed by atoms with Gasteiger partial charge in [-0.25, -0.2) is 0 Å². The zero-order valence-electron chi connectivity index (χ0n) is 13.7. The fourth-order valence-corrected chi connectivity index (χ4v) is 2.55. The van der Waals surface area contributed by atoms with Gasteiger partial charge in [-0.1, -0.05) is 38.5 Å². The highest BCUT2D eigenvalue weighted by Gasteiger charge is 2.26. The lowest BCUT2D eigenvalue weighted by Crippen LogP contribution is -2.40. The molecule has 1 atom stereocenters. The Balaban J connectivity index is 3.31. The first kappa shape index (κ1) is 17.2. The lowest BCUT2D eigenvalue weighted by molar-refractivity contribution is -0.140. The Labute approximate surface area is 126 Å². The molecule has 1 N–H and O–H groups in total. The van der Waals surface area contributed by atoms with Gasteiger partial charge in [-0.2, -0.15) is 0 Å². The minimum absolute atomic E-state index is 0.0434. The average Bonchev–Trinajstić information content (AvgIpc) is 2.34. The highest BCUT2D eigenvalue weighted by Crippen LogP contribution is 2.28. The van der Waals surface area contributed by atoms with Crippen LogP contribution in [-0.2, 0) is 9.59 Å². The van der Waals surface area contributed by atoms with E-state index in [-0.39, 0.29) is 18.4 Å². The summed E-state index contributed by atoms with van der Waals surface area (Å²) < 4.78 is 0. The van der Waals surface area contributed by atoms with Crippen molar-refractivity contribution in [2.45, 2.75) is 41.5 Å². The van der Waals surface area contributed by atoms with Crippen LogP contribution in [0.25, 0.3) is 0 Å². The number of hydrogen-bond acceptors (Lipinski definition) is 2. The van der Waals surface area contributed by atoms with E-state index in [1.54, 1.807) is 11.8 Å². The summed E-state index contributed by atoms with van der Waals surface area (Å²) in [5, 5.41) is 9.14. The molecular weight excluding hydrogens is 266 g/mol. The van der Waals surface area contributed by atoms with Gasteiger partial charge in [0.15, 0.2) is 0 Å². The maximum Gasteiger partial charge on any atom is 0.308 e. The minimum Gasteiger partial charge on any atom is -0.481 e. The summed E-state index contributed by atoms with van der Waals surface area (Å²) in [6.45, 7) is 11.4. The smallest absolute Gasteiger partial charge is 0.308 e. The van der Waals surface area contributed by atoms with Crippen LogP contribution in [0, 0.1) is 32.6 Å². The number of nitrogens with zero attached hydrogens (tertiary/aromatic N) is 1. The Bertz CT molecular complexity index is 526. The average molecular weight is 291 g/mol. The van der Waals surface area contributed by atoms with Crippen molar-refractivity contribution >= 4 is 17.6 Å². The summed E-state index contributed by atoms with van der Waals surface area (Å²) in [4.78, 5) is 25.3. The second kappa shape index (κ2) is 6.74. The molecule has 1 aromatic rings. The van der Waals surface area contributed by atoms with Gasteiger partial charge < -0.3 is 10.0 Å². The Kier molecular flexibility index (Phi) is 5.53. The second-order valence-electron chi connectivity index (χ2n) is 6.09. The molecule has 0 aliphatic rings. The topological polar surface area (TPSA) is 57.6 Å². The molecule has 0 saturated carbocycles. The largest absolute Gasteiger partial charge is 0.481 e. The fourth-order valence-electron chi connectivity index (χ4n) is 2.55. The van der Waals surface area contributed by atoms with Crippen LogP contribution in [0.3, 0.4) is 0 Å². The number of benzene rings is 1. The Morgan fingerprint density at radius 3 is 1.95 bits per heavy atom. The van der Waals surface area contributed by atoms with E-state index >= 15 is 0 Å². The van der Waals surface area contributed by atoms with Crippen molar-refractivity contribution in [1.82, 2.24) is 0 Å². The van der Waals surface area contributed by atoms with Crippen LogP contribution in [0.4, 0.5) is 5.69 Å². The van der Waals surface area contributed by atoms with Crippen LogP contribution < -0.4 is 4.90 Å². The van der Waals surface area contributed by atoms with Gasteiger partial charge in [0.2, 0.25) is 5.91 Å². The third kappa shape index (κ3) is 4.06. The zero-order chi connectivity index (χ0) is 16.3. The molecule has 0 bridgehead atoms. The van der Waals surface area contributed by atoms with Crippen LogP contribution in [0.2, 0.25) is 0 Å². The number of carboxylic acid groups (broad SMARTS) is 1. The second-order valence-corrected chi connectivity index (χ2v) is 6.09. The molecule has 0 saturated heterocycles. The Hall–Kier alpha value is -1.84. The fraction of sp³-hybridized carbons (Fsp3) is 0.529. The van der Waals surface area contributed by atoms with Crippen molar-refractivity contribution in [3.63, 3.8) is 0 Å². The van der Waals surface area contributed by atoms with Gasteiger partial charge in [-0.05, 0) is 31.9 Å². The van der Waals surface area contributed by atoms with E-state index in [1.165, 1.54) is 0 Å². The molecule has 1 amide bonds. The van der Waals surface area contributed by atoms with Crippen LogP contribution >= 0.6 is 0 Å². The van der Waals surface area contributed by atoms with Gasteiger partial charge in [-0.3, -0.25) is 9.59 Å². The SMILES string of the molecule is Cc1cc(C)c(N(CC(C)C(=O)O)C(=O)C(C)C)c(C)c1. The third-order valence-corrected chi connectivity index (χ3v) is 3.54. The van der Waals surface area contributed by atoms with E-state index in [9.17, 15) is 9.59 Å². The van der Waals surface area contributed by atoms with Gasteiger partial charge in [-0.15, -0.1) is 0 Å². The van der Waals surface area contributed by atoms with E-state index in [2.05, 4.69) is 0 Å². The third-order valence-electron chi connectivity index (χ3n) is 3.54. The summed E-state index contributed by atoms with van der Waals surface area (Å²) in [5.74, 6) is -1.71. The summed E-state index contributed by atoms with van der Waals surface area (Å²) in [6, 6.07) is 4.04. The first-order valence-electron chi connectivity index (χ1n) is 7.27. The van der Waals surface area contributed by atoms with Crippen LogP contribution in [-0.4, -0.2) is 23.5 Å². The predicted molar refractivity (Wildman–Crippen MR) is 84.6 cm³/mol. The molecule has 0 radical (unpaired) electrons. The van der Waals surface area contributed by atoms with E-state index in [0.717, 1.165) is 22.4 Å². The number of anilines is 1. The first-order valence-corrected chi connectivity index (χ1v) is 7.27. The number of aliphatic carboxylic acids is 1. The number of rotatable bonds is 5. The number of aryl methyl sites for hydroxylation is 3. The van der Waals surface area contributed by atoms with Crippen molar-refractivity contribution in [2.75, 3.05) is 11.4 Å². The molecule has 1 rings (SSSR count).